The van der Waals surface area contributed by atoms with Gasteiger partial charge in [-0.2, -0.15) is 0 Å². The molecule has 1 N–H and O–H groups in total. The number of piperidine rings is 1. The van der Waals surface area contributed by atoms with Crippen LogP contribution in [0.5, 0.6) is 0 Å². The van der Waals surface area contributed by atoms with Gasteiger partial charge in [0, 0.05) is 31.5 Å². The molecule has 1 fully saturated rings. The molecule has 0 saturated carbocycles. The third-order valence-electron chi connectivity index (χ3n) is 3.26. The first-order valence-electron chi connectivity index (χ1n) is 6.62. The highest BCUT2D eigenvalue weighted by atomic mass is 79.9. The van der Waals surface area contributed by atoms with Crippen LogP contribution in [0.2, 0.25) is 0 Å². The van der Waals surface area contributed by atoms with Gasteiger partial charge in [-0.15, -0.1) is 0 Å². The van der Waals surface area contributed by atoms with Crippen LogP contribution in [0, 0.1) is 0 Å². The van der Waals surface area contributed by atoms with Crippen LogP contribution in [0.4, 0.5) is 5.95 Å². The third kappa shape index (κ3) is 3.89. The molecule has 112 valence electrons. The van der Waals surface area contributed by atoms with E-state index in [0.29, 0.717) is 12.5 Å². The minimum atomic E-state index is -3.24. The Morgan fingerprint density at radius 3 is 2.65 bits per heavy atom. The lowest BCUT2D eigenvalue weighted by molar-refractivity contribution is 0.459. The van der Waals surface area contributed by atoms with Crippen LogP contribution in [0.1, 0.15) is 26.7 Å². The molecule has 0 spiro atoms. The van der Waals surface area contributed by atoms with Gasteiger partial charge in [-0.3, -0.25) is 0 Å². The first-order valence-corrected chi connectivity index (χ1v) is 8.96. The molecule has 1 aromatic heterocycles. The lowest BCUT2D eigenvalue weighted by Crippen LogP contribution is -2.49. The number of hydrogen-bond donors (Lipinski definition) is 1. The summed E-state index contributed by atoms with van der Waals surface area (Å²) in [6, 6.07) is -0.0802. The molecule has 0 amide bonds. The van der Waals surface area contributed by atoms with E-state index in [1.807, 2.05) is 4.90 Å². The van der Waals surface area contributed by atoms with Crippen molar-refractivity contribution in [3.8, 4) is 0 Å². The summed E-state index contributed by atoms with van der Waals surface area (Å²) in [5.74, 6) is 0.640. The molecule has 1 aliphatic rings. The average molecular weight is 363 g/mol. The number of anilines is 1. The predicted octanol–water partition coefficient (Wildman–Crippen LogP) is 1.54. The molecule has 2 rings (SSSR count). The van der Waals surface area contributed by atoms with Crippen LogP contribution in [0.3, 0.4) is 0 Å². The smallest absolute Gasteiger partial charge is 0.225 e. The topological polar surface area (TPSA) is 75.2 Å². The van der Waals surface area contributed by atoms with Crippen molar-refractivity contribution in [2.75, 3.05) is 18.0 Å². The van der Waals surface area contributed by atoms with Crippen molar-refractivity contribution in [3.05, 3.63) is 16.9 Å². The monoisotopic (exact) mass is 362 g/mol. The molecule has 1 atom stereocenters. The minimum Gasteiger partial charge on any atom is -0.339 e. The fourth-order valence-corrected chi connectivity index (χ4v) is 3.23. The Hall–Kier alpha value is -0.730. The maximum atomic E-state index is 11.9. The Morgan fingerprint density at radius 2 is 2.05 bits per heavy atom. The number of halogens is 1. The maximum absolute atomic E-state index is 11.9. The predicted molar refractivity (Wildman–Crippen MR) is 82.2 cm³/mol. The van der Waals surface area contributed by atoms with Crippen molar-refractivity contribution < 1.29 is 8.42 Å². The average Bonchev–Trinajstić information content (AvgIpc) is 2.39. The maximum Gasteiger partial charge on any atom is 0.225 e. The van der Waals surface area contributed by atoms with E-state index in [1.54, 1.807) is 26.2 Å². The van der Waals surface area contributed by atoms with Gasteiger partial charge in [0.05, 0.1) is 9.72 Å². The Balaban J connectivity index is 2.04. The summed E-state index contributed by atoms with van der Waals surface area (Å²) in [5, 5.41) is -0.415. The molecule has 1 aliphatic heterocycles. The summed E-state index contributed by atoms with van der Waals surface area (Å²) in [4.78, 5) is 10.5. The molecule has 6 nitrogen and oxygen atoms in total. The number of rotatable bonds is 4. The van der Waals surface area contributed by atoms with Crippen molar-refractivity contribution in [1.82, 2.24) is 14.7 Å². The van der Waals surface area contributed by atoms with E-state index in [9.17, 15) is 8.42 Å². The second-order valence-corrected chi connectivity index (χ2v) is 8.38. The molecular weight excluding hydrogens is 344 g/mol. The first kappa shape index (κ1) is 15.7. The molecule has 0 bridgehead atoms. The van der Waals surface area contributed by atoms with Crippen LogP contribution < -0.4 is 9.62 Å². The standard InChI is InChI=1S/C12H19BrN4O2S/c1-9(2)20(18,19)16-11-4-3-5-17(8-11)12-14-6-10(13)7-15-12/h6-7,9,11,16H,3-5,8H2,1-2H3. The zero-order chi connectivity index (χ0) is 14.8. The number of nitrogens with one attached hydrogen (secondary N) is 1. The fraction of sp³-hybridized carbons (Fsp3) is 0.667. The van der Waals surface area contributed by atoms with Crippen LogP contribution in [-0.2, 0) is 10.0 Å². The van der Waals surface area contributed by atoms with Crippen molar-refractivity contribution in [2.24, 2.45) is 0 Å². The Bertz CT molecular complexity index is 547. The fourth-order valence-electron chi connectivity index (χ4n) is 2.09. The highest BCUT2D eigenvalue weighted by Gasteiger charge is 2.26. The number of hydrogen-bond acceptors (Lipinski definition) is 5. The van der Waals surface area contributed by atoms with Gasteiger partial charge < -0.3 is 4.90 Å². The summed E-state index contributed by atoms with van der Waals surface area (Å²) in [6.45, 7) is 4.82. The molecule has 0 aromatic carbocycles. The zero-order valence-corrected chi connectivity index (χ0v) is 14.0. The van der Waals surface area contributed by atoms with E-state index in [2.05, 4.69) is 30.6 Å². The van der Waals surface area contributed by atoms with Crippen LogP contribution >= 0.6 is 15.9 Å². The molecule has 1 saturated heterocycles. The summed E-state index contributed by atoms with van der Waals surface area (Å²) in [7, 11) is -3.24. The van der Waals surface area contributed by atoms with E-state index < -0.39 is 15.3 Å². The Kier molecular flexibility index (Phi) is 4.98. The molecule has 0 aliphatic carbocycles. The minimum absolute atomic E-state index is 0.0802. The van der Waals surface area contributed by atoms with Crippen molar-refractivity contribution in [3.63, 3.8) is 0 Å². The highest BCUT2D eigenvalue weighted by Crippen LogP contribution is 2.18. The molecule has 1 aromatic rings. The van der Waals surface area contributed by atoms with Gasteiger partial charge in [0.2, 0.25) is 16.0 Å². The third-order valence-corrected chi connectivity index (χ3v) is 5.58. The normalized spacial score (nSPS) is 20.4. The lowest BCUT2D eigenvalue weighted by atomic mass is 10.1. The zero-order valence-electron chi connectivity index (χ0n) is 11.6. The van der Waals surface area contributed by atoms with Gasteiger partial charge in [-0.1, -0.05) is 0 Å². The van der Waals surface area contributed by atoms with Gasteiger partial charge >= 0.3 is 0 Å². The molecular formula is C12H19BrN4O2S. The molecule has 1 unspecified atom stereocenters. The van der Waals surface area contributed by atoms with E-state index in [4.69, 9.17) is 0 Å². The summed E-state index contributed by atoms with van der Waals surface area (Å²) in [6.07, 6.45) is 5.16. The second kappa shape index (κ2) is 6.36. The van der Waals surface area contributed by atoms with E-state index in [0.717, 1.165) is 23.9 Å². The van der Waals surface area contributed by atoms with Crippen LogP contribution in [0.15, 0.2) is 16.9 Å². The van der Waals surface area contributed by atoms with Gasteiger partial charge in [0.25, 0.3) is 0 Å². The number of nitrogens with zero attached hydrogens (tertiary/aromatic N) is 3. The van der Waals surface area contributed by atoms with Crippen molar-refractivity contribution in [2.45, 2.75) is 38.0 Å². The largest absolute Gasteiger partial charge is 0.339 e. The highest BCUT2D eigenvalue weighted by molar-refractivity contribution is 9.10. The van der Waals surface area contributed by atoms with Gasteiger partial charge in [0.1, 0.15) is 0 Å². The Morgan fingerprint density at radius 1 is 1.40 bits per heavy atom. The van der Waals surface area contributed by atoms with Crippen LogP contribution in [0.25, 0.3) is 0 Å². The van der Waals surface area contributed by atoms with Gasteiger partial charge in [0.15, 0.2) is 0 Å². The molecule has 20 heavy (non-hydrogen) atoms. The summed E-state index contributed by atoms with van der Waals surface area (Å²) < 4.78 is 27.4. The van der Waals surface area contributed by atoms with Crippen LogP contribution in [-0.4, -0.2) is 42.8 Å². The quantitative estimate of drug-likeness (QED) is 0.878. The van der Waals surface area contributed by atoms with E-state index >= 15 is 0 Å². The molecule has 8 heteroatoms. The van der Waals surface area contributed by atoms with E-state index in [1.165, 1.54) is 0 Å². The summed E-state index contributed by atoms with van der Waals surface area (Å²) >= 11 is 3.30. The van der Waals surface area contributed by atoms with Gasteiger partial charge in [-0.25, -0.2) is 23.1 Å². The lowest BCUT2D eigenvalue weighted by Gasteiger charge is -2.33. The Labute approximate surface area is 128 Å². The number of aromatic nitrogens is 2. The first-order chi connectivity index (χ1) is 9.38. The number of sulfonamides is 1. The van der Waals surface area contributed by atoms with Gasteiger partial charge in [-0.05, 0) is 42.6 Å². The molecule has 0 radical (unpaired) electrons. The summed E-state index contributed by atoms with van der Waals surface area (Å²) in [5.41, 5.74) is 0. The van der Waals surface area contributed by atoms with Crippen molar-refractivity contribution >= 4 is 31.9 Å². The molecule has 2 heterocycles. The second-order valence-electron chi connectivity index (χ2n) is 5.20. The SMILES string of the molecule is CC(C)S(=O)(=O)NC1CCCN(c2ncc(Br)cn2)C1. The van der Waals surface area contributed by atoms with E-state index in [-0.39, 0.29) is 6.04 Å². The van der Waals surface area contributed by atoms with Crippen molar-refractivity contribution in [1.29, 1.82) is 0 Å².